The number of nitriles is 1. The number of H-pyrrole nitrogens is 1. The quantitative estimate of drug-likeness (QED) is 0.707. The summed E-state index contributed by atoms with van der Waals surface area (Å²) in [6, 6.07) is 10.3. The summed E-state index contributed by atoms with van der Waals surface area (Å²) in [5.74, 6) is 0. The van der Waals surface area contributed by atoms with Crippen molar-refractivity contribution in [1.82, 2.24) is 9.97 Å². The van der Waals surface area contributed by atoms with E-state index in [1.165, 1.54) is 11.3 Å². The molecule has 2 heterocycles. The molecule has 3 aromatic rings. The monoisotopic (exact) mass is 239 g/mol. The van der Waals surface area contributed by atoms with Crippen LogP contribution in [0.4, 0.5) is 0 Å². The van der Waals surface area contributed by atoms with Gasteiger partial charge in [-0.15, -0.1) is 11.3 Å². The first kappa shape index (κ1) is 10.1. The maximum Gasteiger partial charge on any atom is 0.128 e. The molecule has 1 N–H and O–H groups in total. The summed E-state index contributed by atoms with van der Waals surface area (Å²) < 4.78 is 0. The lowest BCUT2D eigenvalue weighted by Crippen LogP contribution is -1.75. The van der Waals surface area contributed by atoms with E-state index in [1.807, 2.05) is 31.3 Å². The van der Waals surface area contributed by atoms with Crippen molar-refractivity contribution < 1.29 is 0 Å². The van der Waals surface area contributed by atoms with Gasteiger partial charge in [-0.25, -0.2) is 4.98 Å². The molecule has 0 saturated heterocycles. The summed E-state index contributed by atoms with van der Waals surface area (Å²) in [4.78, 5) is 8.35. The van der Waals surface area contributed by atoms with Gasteiger partial charge in [0.25, 0.3) is 0 Å². The van der Waals surface area contributed by atoms with E-state index in [9.17, 15) is 0 Å². The van der Waals surface area contributed by atoms with Crippen molar-refractivity contribution in [3.63, 3.8) is 0 Å². The number of nitrogens with one attached hydrogen (secondary N) is 1. The van der Waals surface area contributed by atoms with Gasteiger partial charge < -0.3 is 4.98 Å². The highest BCUT2D eigenvalue weighted by atomic mass is 32.1. The van der Waals surface area contributed by atoms with E-state index in [4.69, 9.17) is 5.26 Å². The van der Waals surface area contributed by atoms with Crippen LogP contribution in [0.5, 0.6) is 0 Å². The van der Waals surface area contributed by atoms with Crippen molar-refractivity contribution in [2.75, 3.05) is 0 Å². The average Bonchev–Trinajstić information content (AvgIpc) is 2.92. The minimum atomic E-state index is 0.685. The molecule has 0 bridgehead atoms. The topological polar surface area (TPSA) is 52.5 Å². The van der Waals surface area contributed by atoms with Crippen LogP contribution < -0.4 is 0 Å². The normalized spacial score (nSPS) is 10.6. The molecule has 0 spiro atoms. The molecule has 1 aromatic carbocycles. The zero-order valence-corrected chi connectivity index (χ0v) is 10.0. The van der Waals surface area contributed by atoms with Gasteiger partial charge in [0.05, 0.1) is 5.69 Å². The number of aromatic nitrogens is 2. The predicted octanol–water partition coefficient (Wildman–Crippen LogP) is 3.47. The molecule has 0 saturated carbocycles. The fraction of sp³-hybridized carbons (Fsp3) is 0.0769. The summed E-state index contributed by atoms with van der Waals surface area (Å²) in [6.07, 6.45) is 1.95. The highest BCUT2D eigenvalue weighted by Crippen LogP contribution is 2.32. The zero-order valence-electron chi connectivity index (χ0n) is 9.19. The second kappa shape index (κ2) is 3.72. The Balaban J connectivity index is 2.24. The molecule has 4 heteroatoms. The van der Waals surface area contributed by atoms with Crippen LogP contribution in [0.2, 0.25) is 0 Å². The minimum absolute atomic E-state index is 0.685. The molecule has 0 amide bonds. The molecule has 0 unspecified atom stereocenters. The van der Waals surface area contributed by atoms with Crippen molar-refractivity contribution in [3.8, 4) is 16.6 Å². The van der Waals surface area contributed by atoms with Crippen LogP contribution in [0.1, 0.15) is 10.6 Å². The molecule has 17 heavy (non-hydrogen) atoms. The lowest BCUT2D eigenvalue weighted by molar-refractivity contribution is 1.25. The van der Waals surface area contributed by atoms with Gasteiger partial charge in [-0.05, 0) is 13.0 Å². The molecule has 0 aliphatic rings. The van der Waals surface area contributed by atoms with Crippen molar-refractivity contribution in [3.05, 3.63) is 41.0 Å². The standard InChI is InChI=1S/C13H9N3S/c1-8-12(6-14)17-13(16-8)10-7-15-11-5-3-2-4-9(10)11/h2-5,7,15H,1H3. The Morgan fingerprint density at radius 2 is 2.18 bits per heavy atom. The third-order valence-corrected chi connectivity index (χ3v) is 3.81. The molecule has 2 aromatic heterocycles. The number of nitrogens with zero attached hydrogens (tertiary/aromatic N) is 2. The zero-order chi connectivity index (χ0) is 11.8. The molecule has 0 radical (unpaired) electrons. The van der Waals surface area contributed by atoms with Gasteiger partial charge >= 0.3 is 0 Å². The molecule has 0 aliphatic carbocycles. The van der Waals surface area contributed by atoms with Crippen molar-refractivity contribution >= 4 is 22.2 Å². The minimum Gasteiger partial charge on any atom is -0.360 e. The number of para-hydroxylation sites is 1. The SMILES string of the molecule is Cc1nc(-c2c[nH]c3ccccc23)sc1C#N. The Hall–Kier alpha value is -2.12. The second-order valence-electron chi connectivity index (χ2n) is 3.79. The fourth-order valence-corrected chi connectivity index (χ4v) is 2.76. The van der Waals surface area contributed by atoms with Gasteiger partial charge in [0.2, 0.25) is 0 Å². The van der Waals surface area contributed by atoms with E-state index in [-0.39, 0.29) is 0 Å². The number of aromatic amines is 1. The van der Waals surface area contributed by atoms with E-state index in [1.54, 1.807) is 0 Å². The summed E-state index contributed by atoms with van der Waals surface area (Å²) in [6.45, 7) is 1.87. The van der Waals surface area contributed by atoms with Gasteiger partial charge in [0, 0.05) is 22.7 Å². The number of benzene rings is 1. The fourth-order valence-electron chi connectivity index (χ4n) is 1.86. The molecular formula is C13H9N3S. The Bertz CT molecular complexity index is 731. The highest BCUT2D eigenvalue weighted by Gasteiger charge is 2.12. The molecule has 82 valence electrons. The second-order valence-corrected chi connectivity index (χ2v) is 4.79. The maximum atomic E-state index is 8.96. The van der Waals surface area contributed by atoms with Gasteiger partial charge in [-0.2, -0.15) is 5.26 Å². The number of hydrogen-bond donors (Lipinski definition) is 1. The average molecular weight is 239 g/mol. The predicted molar refractivity (Wildman–Crippen MR) is 68.9 cm³/mol. The van der Waals surface area contributed by atoms with Crippen molar-refractivity contribution in [2.45, 2.75) is 6.92 Å². The highest BCUT2D eigenvalue weighted by molar-refractivity contribution is 7.15. The van der Waals surface area contributed by atoms with E-state index < -0.39 is 0 Å². The maximum absolute atomic E-state index is 8.96. The smallest absolute Gasteiger partial charge is 0.128 e. The summed E-state index contributed by atoms with van der Waals surface area (Å²) in [5, 5.41) is 11.0. The number of rotatable bonds is 1. The van der Waals surface area contributed by atoms with Gasteiger partial charge in [0.15, 0.2) is 0 Å². The van der Waals surface area contributed by atoms with Crippen LogP contribution in [-0.4, -0.2) is 9.97 Å². The summed E-state index contributed by atoms with van der Waals surface area (Å²) in [5.41, 5.74) is 2.96. The molecule has 0 aliphatic heterocycles. The van der Waals surface area contributed by atoms with E-state index in [2.05, 4.69) is 22.1 Å². The van der Waals surface area contributed by atoms with Gasteiger partial charge in [-0.3, -0.25) is 0 Å². The summed E-state index contributed by atoms with van der Waals surface area (Å²) >= 11 is 1.44. The first-order valence-corrected chi connectivity index (χ1v) is 6.05. The molecular weight excluding hydrogens is 230 g/mol. The lowest BCUT2D eigenvalue weighted by Gasteiger charge is -1.92. The first-order valence-electron chi connectivity index (χ1n) is 5.23. The van der Waals surface area contributed by atoms with Gasteiger partial charge in [-0.1, -0.05) is 18.2 Å². The number of aryl methyl sites for hydroxylation is 1. The van der Waals surface area contributed by atoms with Crippen LogP contribution in [0, 0.1) is 18.3 Å². The third kappa shape index (κ3) is 1.52. The Morgan fingerprint density at radius 3 is 2.94 bits per heavy atom. The summed E-state index contributed by atoms with van der Waals surface area (Å²) in [7, 11) is 0. The van der Waals surface area contributed by atoms with E-state index >= 15 is 0 Å². The Labute approximate surface area is 102 Å². The molecule has 0 fully saturated rings. The Kier molecular flexibility index (Phi) is 2.20. The van der Waals surface area contributed by atoms with Gasteiger partial charge in [0.1, 0.15) is 16.0 Å². The molecule has 3 rings (SSSR count). The van der Waals surface area contributed by atoms with Crippen LogP contribution in [0.15, 0.2) is 30.5 Å². The van der Waals surface area contributed by atoms with E-state index in [0.29, 0.717) is 4.88 Å². The Morgan fingerprint density at radius 1 is 1.35 bits per heavy atom. The lowest BCUT2D eigenvalue weighted by atomic mass is 10.2. The molecule has 0 atom stereocenters. The van der Waals surface area contributed by atoms with Crippen molar-refractivity contribution in [2.24, 2.45) is 0 Å². The van der Waals surface area contributed by atoms with E-state index in [0.717, 1.165) is 27.2 Å². The van der Waals surface area contributed by atoms with Crippen LogP contribution in [0.3, 0.4) is 0 Å². The number of hydrogen-bond acceptors (Lipinski definition) is 3. The molecule has 3 nitrogen and oxygen atoms in total. The number of fused-ring (bicyclic) bond motifs is 1. The van der Waals surface area contributed by atoms with Crippen LogP contribution in [0.25, 0.3) is 21.5 Å². The van der Waals surface area contributed by atoms with Crippen LogP contribution in [-0.2, 0) is 0 Å². The van der Waals surface area contributed by atoms with Crippen molar-refractivity contribution in [1.29, 1.82) is 5.26 Å². The number of thiazole rings is 1. The first-order chi connectivity index (χ1) is 8.29. The third-order valence-electron chi connectivity index (χ3n) is 2.72. The van der Waals surface area contributed by atoms with Crippen LogP contribution >= 0.6 is 11.3 Å². The largest absolute Gasteiger partial charge is 0.360 e.